The van der Waals surface area contributed by atoms with Crippen LogP contribution in [0.4, 0.5) is 5.69 Å². The van der Waals surface area contributed by atoms with Gasteiger partial charge in [0.15, 0.2) is 0 Å². The van der Waals surface area contributed by atoms with Gasteiger partial charge >= 0.3 is 0 Å². The maximum absolute atomic E-state index is 12.7. The first-order chi connectivity index (χ1) is 12.8. The summed E-state index contributed by atoms with van der Waals surface area (Å²) in [6, 6.07) is 12.2. The van der Waals surface area contributed by atoms with Crippen LogP contribution in [0, 0.1) is 5.41 Å². The third-order valence-electron chi connectivity index (χ3n) is 4.16. The lowest BCUT2D eigenvalue weighted by atomic mass is 9.90. The second-order valence-corrected chi connectivity index (χ2v) is 6.89. The van der Waals surface area contributed by atoms with Crippen molar-refractivity contribution >= 4 is 29.1 Å². The number of amides is 2. The van der Waals surface area contributed by atoms with E-state index in [1.165, 1.54) is 14.2 Å². The molecule has 2 aromatic rings. The quantitative estimate of drug-likeness (QED) is 0.707. The number of rotatable bonds is 7. The number of methoxy groups -OCH3 is 2. The minimum atomic E-state index is -1.29. The van der Waals surface area contributed by atoms with Crippen molar-refractivity contribution < 1.29 is 19.1 Å². The van der Waals surface area contributed by atoms with E-state index in [-0.39, 0.29) is 0 Å². The summed E-state index contributed by atoms with van der Waals surface area (Å²) in [5.74, 6) is 0.192. The molecule has 0 spiro atoms. The Labute approximate surface area is 163 Å². The molecule has 0 saturated heterocycles. The molecular formula is C20H23ClN2O4. The first-order valence-electron chi connectivity index (χ1n) is 8.34. The van der Waals surface area contributed by atoms with Crippen LogP contribution in [-0.2, 0) is 16.1 Å². The normalized spacial score (nSPS) is 10.9. The molecule has 0 aliphatic rings. The highest BCUT2D eigenvalue weighted by Crippen LogP contribution is 2.30. The average molecular weight is 391 g/mol. The molecule has 0 atom stereocenters. The van der Waals surface area contributed by atoms with Crippen molar-refractivity contribution in [1.29, 1.82) is 0 Å². The van der Waals surface area contributed by atoms with E-state index in [0.717, 1.165) is 5.56 Å². The summed E-state index contributed by atoms with van der Waals surface area (Å²) < 4.78 is 10.4. The molecule has 2 N–H and O–H groups in total. The molecule has 27 heavy (non-hydrogen) atoms. The highest BCUT2D eigenvalue weighted by atomic mass is 35.5. The van der Waals surface area contributed by atoms with Gasteiger partial charge in [-0.3, -0.25) is 9.59 Å². The van der Waals surface area contributed by atoms with Gasteiger partial charge in [-0.1, -0.05) is 23.7 Å². The summed E-state index contributed by atoms with van der Waals surface area (Å²) in [6.45, 7) is 3.42. The largest absolute Gasteiger partial charge is 0.497 e. The fraction of sp³-hybridized carbons (Fsp3) is 0.300. The van der Waals surface area contributed by atoms with Crippen molar-refractivity contribution in [3.8, 4) is 11.5 Å². The van der Waals surface area contributed by atoms with E-state index in [1.54, 1.807) is 44.2 Å². The Bertz CT molecular complexity index is 819. The summed E-state index contributed by atoms with van der Waals surface area (Å²) >= 11 is 5.85. The molecule has 2 amide bonds. The van der Waals surface area contributed by atoms with Crippen LogP contribution in [0.25, 0.3) is 0 Å². The Morgan fingerprint density at radius 3 is 2.26 bits per heavy atom. The molecule has 0 bridgehead atoms. The van der Waals surface area contributed by atoms with Crippen molar-refractivity contribution in [2.75, 3.05) is 19.5 Å². The van der Waals surface area contributed by atoms with Gasteiger partial charge in [-0.15, -0.1) is 0 Å². The number of hydrogen-bond acceptors (Lipinski definition) is 4. The molecule has 0 heterocycles. The summed E-state index contributed by atoms with van der Waals surface area (Å²) in [6.07, 6.45) is 0. The molecule has 2 rings (SSSR count). The summed E-state index contributed by atoms with van der Waals surface area (Å²) in [7, 11) is 3.03. The van der Waals surface area contributed by atoms with Crippen LogP contribution in [0.5, 0.6) is 11.5 Å². The third-order valence-corrected chi connectivity index (χ3v) is 4.41. The lowest BCUT2D eigenvalue weighted by Gasteiger charge is -2.23. The van der Waals surface area contributed by atoms with E-state index in [2.05, 4.69) is 10.6 Å². The van der Waals surface area contributed by atoms with Crippen molar-refractivity contribution in [1.82, 2.24) is 5.32 Å². The van der Waals surface area contributed by atoms with Crippen LogP contribution in [-0.4, -0.2) is 26.0 Å². The summed E-state index contributed by atoms with van der Waals surface area (Å²) in [4.78, 5) is 25.3. The fourth-order valence-corrected chi connectivity index (χ4v) is 2.42. The number of anilines is 1. The number of hydrogen-bond donors (Lipinski definition) is 2. The zero-order valence-corrected chi connectivity index (χ0v) is 16.5. The van der Waals surface area contributed by atoms with Gasteiger partial charge in [-0.05, 0) is 43.7 Å². The summed E-state index contributed by atoms with van der Waals surface area (Å²) in [5.41, 5.74) is 0.0272. The van der Waals surface area contributed by atoms with Gasteiger partial charge in [-0.25, -0.2) is 0 Å². The number of carbonyl (C=O) groups excluding carboxylic acids is 2. The van der Waals surface area contributed by atoms with E-state index >= 15 is 0 Å². The van der Waals surface area contributed by atoms with Crippen molar-refractivity contribution in [3.63, 3.8) is 0 Å². The maximum Gasteiger partial charge on any atom is 0.239 e. The van der Waals surface area contributed by atoms with Crippen LogP contribution >= 0.6 is 11.6 Å². The van der Waals surface area contributed by atoms with Gasteiger partial charge in [-0.2, -0.15) is 0 Å². The predicted octanol–water partition coefficient (Wildman–Crippen LogP) is 3.64. The minimum absolute atomic E-state index is 0.301. The summed E-state index contributed by atoms with van der Waals surface area (Å²) in [5, 5.41) is 6.14. The van der Waals surface area contributed by atoms with Crippen LogP contribution in [0.15, 0.2) is 42.5 Å². The highest BCUT2D eigenvalue weighted by Gasteiger charge is 2.36. The van der Waals surface area contributed by atoms with E-state index in [1.807, 2.05) is 12.1 Å². The monoisotopic (exact) mass is 390 g/mol. The second-order valence-electron chi connectivity index (χ2n) is 6.45. The van der Waals surface area contributed by atoms with E-state index < -0.39 is 17.2 Å². The van der Waals surface area contributed by atoms with Gasteiger partial charge in [0.1, 0.15) is 16.9 Å². The van der Waals surface area contributed by atoms with Crippen molar-refractivity contribution in [2.24, 2.45) is 5.41 Å². The number of nitrogens with one attached hydrogen (secondary N) is 2. The third kappa shape index (κ3) is 5.14. The Morgan fingerprint density at radius 1 is 1.00 bits per heavy atom. The van der Waals surface area contributed by atoms with E-state index in [0.29, 0.717) is 28.8 Å². The Hall–Kier alpha value is -2.73. The molecule has 7 heteroatoms. The van der Waals surface area contributed by atoms with Gasteiger partial charge in [0.2, 0.25) is 11.8 Å². The fourth-order valence-electron chi connectivity index (χ4n) is 2.30. The molecule has 0 radical (unpaired) electrons. The number of carbonyl (C=O) groups is 2. The highest BCUT2D eigenvalue weighted by molar-refractivity contribution is 6.30. The molecule has 6 nitrogen and oxygen atoms in total. The minimum Gasteiger partial charge on any atom is -0.497 e. The topological polar surface area (TPSA) is 76.7 Å². The molecule has 0 aliphatic carbocycles. The van der Waals surface area contributed by atoms with Crippen molar-refractivity contribution in [2.45, 2.75) is 20.4 Å². The maximum atomic E-state index is 12.7. The number of ether oxygens (including phenoxy) is 2. The number of halogens is 1. The van der Waals surface area contributed by atoms with Crippen LogP contribution in [0.2, 0.25) is 5.02 Å². The predicted molar refractivity (Wildman–Crippen MR) is 105 cm³/mol. The van der Waals surface area contributed by atoms with Crippen LogP contribution < -0.4 is 20.1 Å². The molecular weight excluding hydrogens is 368 g/mol. The van der Waals surface area contributed by atoms with Crippen molar-refractivity contribution in [3.05, 3.63) is 53.1 Å². The molecule has 144 valence electrons. The second kappa shape index (κ2) is 8.77. The first kappa shape index (κ1) is 20.6. The van der Waals surface area contributed by atoms with E-state index in [9.17, 15) is 9.59 Å². The lowest BCUT2D eigenvalue weighted by molar-refractivity contribution is -0.138. The molecule has 0 aromatic heterocycles. The Kier molecular flexibility index (Phi) is 6.69. The van der Waals surface area contributed by atoms with Crippen LogP contribution in [0.1, 0.15) is 19.4 Å². The zero-order valence-electron chi connectivity index (χ0n) is 15.8. The SMILES string of the molecule is COc1ccc(OC)c(NC(=O)C(C)(C)C(=O)NCc2ccc(Cl)cc2)c1. The van der Waals surface area contributed by atoms with Gasteiger partial charge in [0.25, 0.3) is 0 Å². The van der Waals surface area contributed by atoms with Gasteiger partial charge in [0.05, 0.1) is 19.9 Å². The number of benzene rings is 2. The van der Waals surface area contributed by atoms with Crippen LogP contribution in [0.3, 0.4) is 0 Å². The van der Waals surface area contributed by atoms with E-state index in [4.69, 9.17) is 21.1 Å². The average Bonchev–Trinajstić information content (AvgIpc) is 2.67. The van der Waals surface area contributed by atoms with Gasteiger partial charge in [0, 0.05) is 17.6 Å². The Morgan fingerprint density at radius 2 is 1.67 bits per heavy atom. The standard InChI is InChI=1S/C20H23ClN2O4/c1-20(2,18(24)22-12-13-5-7-14(21)8-6-13)19(25)23-16-11-15(26-3)9-10-17(16)27-4/h5-11H,12H2,1-4H3,(H,22,24)(H,23,25). The lowest BCUT2D eigenvalue weighted by Crippen LogP contribution is -2.44. The molecule has 0 unspecified atom stereocenters. The zero-order chi connectivity index (χ0) is 20.0. The molecule has 0 fully saturated rings. The first-order valence-corrected chi connectivity index (χ1v) is 8.72. The smallest absolute Gasteiger partial charge is 0.239 e. The molecule has 2 aromatic carbocycles. The van der Waals surface area contributed by atoms with Gasteiger partial charge < -0.3 is 20.1 Å². The molecule has 0 aliphatic heterocycles. The molecule has 0 saturated carbocycles. The Balaban J connectivity index is 2.07.